The zero-order valence-corrected chi connectivity index (χ0v) is 14.7. The lowest BCUT2D eigenvalue weighted by molar-refractivity contribution is 0.0950. The van der Waals surface area contributed by atoms with Gasteiger partial charge in [-0.2, -0.15) is 0 Å². The molecule has 0 spiro atoms. The van der Waals surface area contributed by atoms with Crippen LogP contribution in [0.25, 0.3) is 0 Å². The minimum Gasteiger partial charge on any atom is -0.378 e. The van der Waals surface area contributed by atoms with Crippen molar-refractivity contribution in [1.82, 2.24) is 5.32 Å². The predicted molar refractivity (Wildman–Crippen MR) is 97.0 cm³/mol. The van der Waals surface area contributed by atoms with Gasteiger partial charge in [0.2, 0.25) is 0 Å². The van der Waals surface area contributed by atoms with Crippen molar-refractivity contribution in [2.75, 3.05) is 37.7 Å². The molecule has 5 nitrogen and oxygen atoms in total. The Morgan fingerprint density at radius 3 is 2.39 bits per heavy atom. The Balaban J connectivity index is 0.00000132. The molecule has 1 aromatic carbocycles. The molecule has 0 aromatic heterocycles. The third-order valence-corrected chi connectivity index (χ3v) is 4.23. The van der Waals surface area contributed by atoms with Gasteiger partial charge in [-0.05, 0) is 43.0 Å². The highest BCUT2D eigenvalue weighted by molar-refractivity contribution is 5.94. The van der Waals surface area contributed by atoms with Gasteiger partial charge in [0.25, 0.3) is 5.91 Å². The summed E-state index contributed by atoms with van der Waals surface area (Å²) >= 11 is 0. The molecular formula is C16H25Cl2N3O2. The highest BCUT2D eigenvalue weighted by atomic mass is 35.5. The van der Waals surface area contributed by atoms with E-state index in [2.05, 4.69) is 10.2 Å². The third kappa shape index (κ3) is 5.53. The molecule has 23 heavy (non-hydrogen) atoms. The van der Waals surface area contributed by atoms with Crippen LogP contribution in [-0.4, -0.2) is 44.8 Å². The topological polar surface area (TPSA) is 67.6 Å². The van der Waals surface area contributed by atoms with Crippen LogP contribution in [0.3, 0.4) is 0 Å². The monoisotopic (exact) mass is 361 g/mol. The van der Waals surface area contributed by atoms with Crippen molar-refractivity contribution in [2.24, 2.45) is 11.7 Å². The standard InChI is InChI=1S/C16H23N3O2.2ClH/c17-15(12-1-2-12)11-18-16(20)13-3-5-14(6-4-13)19-7-9-21-10-8-19;;/h3-6,12,15H,1-2,7-11,17H2,(H,18,20);2*1H. The number of nitrogens with one attached hydrogen (secondary N) is 1. The normalized spacial score (nSPS) is 18.4. The van der Waals surface area contributed by atoms with E-state index in [1.807, 2.05) is 24.3 Å². The number of hydrogen-bond acceptors (Lipinski definition) is 4. The van der Waals surface area contributed by atoms with Crippen LogP contribution < -0.4 is 16.0 Å². The van der Waals surface area contributed by atoms with Crippen molar-refractivity contribution in [3.63, 3.8) is 0 Å². The molecule has 1 saturated carbocycles. The number of carbonyl (C=O) groups excluding carboxylic acids is 1. The van der Waals surface area contributed by atoms with E-state index in [9.17, 15) is 4.79 Å². The summed E-state index contributed by atoms with van der Waals surface area (Å²) in [4.78, 5) is 14.4. The Kier molecular flexibility index (Phi) is 8.12. The maximum absolute atomic E-state index is 12.1. The van der Waals surface area contributed by atoms with E-state index in [4.69, 9.17) is 10.5 Å². The summed E-state index contributed by atoms with van der Waals surface area (Å²) in [6, 6.07) is 7.86. The quantitative estimate of drug-likeness (QED) is 0.839. The number of nitrogens with zero attached hydrogens (tertiary/aromatic N) is 1. The van der Waals surface area contributed by atoms with Crippen LogP contribution in [-0.2, 0) is 4.74 Å². The number of amides is 1. The van der Waals surface area contributed by atoms with Crippen molar-refractivity contribution >= 4 is 36.4 Å². The van der Waals surface area contributed by atoms with Gasteiger partial charge in [0, 0.05) is 36.9 Å². The second-order valence-corrected chi connectivity index (χ2v) is 5.86. The van der Waals surface area contributed by atoms with Crippen LogP contribution in [0.15, 0.2) is 24.3 Å². The number of nitrogens with two attached hydrogens (primary N) is 1. The zero-order chi connectivity index (χ0) is 14.7. The molecule has 130 valence electrons. The lowest BCUT2D eigenvalue weighted by Crippen LogP contribution is -2.38. The van der Waals surface area contributed by atoms with Gasteiger partial charge >= 0.3 is 0 Å². The molecule has 0 bridgehead atoms. The van der Waals surface area contributed by atoms with E-state index >= 15 is 0 Å². The largest absolute Gasteiger partial charge is 0.378 e. The predicted octanol–water partition coefficient (Wildman–Crippen LogP) is 1.83. The molecular weight excluding hydrogens is 337 g/mol. The Labute approximate surface area is 149 Å². The van der Waals surface area contributed by atoms with Crippen molar-refractivity contribution in [1.29, 1.82) is 0 Å². The molecule has 2 fully saturated rings. The summed E-state index contributed by atoms with van der Waals surface area (Å²) in [6.45, 7) is 3.90. The number of hydrogen-bond donors (Lipinski definition) is 2. The van der Waals surface area contributed by atoms with Crippen LogP contribution in [0.5, 0.6) is 0 Å². The number of ether oxygens (including phenoxy) is 1. The maximum atomic E-state index is 12.1. The summed E-state index contributed by atoms with van der Waals surface area (Å²) in [6.07, 6.45) is 2.40. The minimum atomic E-state index is -0.0420. The number of rotatable bonds is 5. The van der Waals surface area contributed by atoms with E-state index in [0.29, 0.717) is 18.0 Å². The number of benzene rings is 1. The Morgan fingerprint density at radius 1 is 1.22 bits per heavy atom. The van der Waals surface area contributed by atoms with Crippen LogP contribution in [0.1, 0.15) is 23.2 Å². The summed E-state index contributed by atoms with van der Waals surface area (Å²) < 4.78 is 5.34. The fraction of sp³-hybridized carbons (Fsp3) is 0.562. The van der Waals surface area contributed by atoms with Crippen molar-refractivity contribution < 1.29 is 9.53 Å². The Bertz CT molecular complexity index is 489. The highest BCUT2D eigenvalue weighted by Gasteiger charge is 2.28. The summed E-state index contributed by atoms with van der Waals surface area (Å²) in [5, 5.41) is 2.92. The van der Waals surface area contributed by atoms with E-state index in [-0.39, 0.29) is 36.8 Å². The summed E-state index contributed by atoms with van der Waals surface area (Å²) in [5.74, 6) is 0.564. The minimum absolute atomic E-state index is 0. The lowest BCUT2D eigenvalue weighted by atomic mass is 10.1. The van der Waals surface area contributed by atoms with E-state index < -0.39 is 0 Å². The van der Waals surface area contributed by atoms with Crippen molar-refractivity contribution in [3.8, 4) is 0 Å². The number of halogens is 2. The molecule has 1 aromatic rings. The maximum Gasteiger partial charge on any atom is 0.251 e. The fourth-order valence-electron chi connectivity index (χ4n) is 2.65. The third-order valence-electron chi connectivity index (χ3n) is 4.23. The molecule has 1 saturated heterocycles. The average Bonchev–Trinajstić information content (AvgIpc) is 3.38. The first-order chi connectivity index (χ1) is 10.2. The second-order valence-electron chi connectivity index (χ2n) is 5.86. The first-order valence-corrected chi connectivity index (χ1v) is 7.70. The molecule has 1 aliphatic heterocycles. The van der Waals surface area contributed by atoms with Gasteiger partial charge in [-0.3, -0.25) is 4.79 Å². The van der Waals surface area contributed by atoms with Crippen LogP contribution >= 0.6 is 24.8 Å². The highest BCUT2D eigenvalue weighted by Crippen LogP contribution is 2.31. The number of anilines is 1. The molecule has 1 heterocycles. The van der Waals surface area contributed by atoms with Gasteiger partial charge in [-0.1, -0.05) is 0 Å². The first-order valence-electron chi connectivity index (χ1n) is 7.70. The van der Waals surface area contributed by atoms with Gasteiger partial charge in [0.1, 0.15) is 0 Å². The van der Waals surface area contributed by atoms with Crippen LogP contribution in [0.2, 0.25) is 0 Å². The second kappa shape index (κ2) is 9.33. The van der Waals surface area contributed by atoms with Gasteiger partial charge in [0.15, 0.2) is 0 Å². The fourth-order valence-corrected chi connectivity index (χ4v) is 2.65. The number of morpholine rings is 1. The van der Waals surface area contributed by atoms with Crippen molar-refractivity contribution in [3.05, 3.63) is 29.8 Å². The summed E-state index contributed by atoms with van der Waals surface area (Å²) in [7, 11) is 0. The molecule has 2 aliphatic rings. The van der Waals surface area contributed by atoms with Gasteiger partial charge in [-0.25, -0.2) is 0 Å². The summed E-state index contributed by atoms with van der Waals surface area (Å²) in [5.41, 5.74) is 7.83. The van der Waals surface area contributed by atoms with Gasteiger partial charge in [0.05, 0.1) is 13.2 Å². The molecule has 1 atom stereocenters. The average molecular weight is 362 g/mol. The van der Waals surface area contributed by atoms with E-state index in [1.54, 1.807) is 0 Å². The van der Waals surface area contributed by atoms with Crippen molar-refractivity contribution in [2.45, 2.75) is 18.9 Å². The van der Waals surface area contributed by atoms with Gasteiger partial charge in [-0.15, -0.1) is 24.8 Å². The molecule has 3 N–H and O–H groups in total. The zero-order valence-electron chi connectivity index (χ0n) is 13.1. The number of carbonyl (C=O) groups is 1. The smallest absolute Gasteiger partial charge is 0.251 e. The Morgan fingerprint density at radius 2 is 1.83 bits per heavy atom. The first kappa shape index (κ1) is 20.0. The van der Waals surface area contributed by atoms with Crippen LogP contribution in [0.4, 0.5) is 5.69 Å². The van der Waals surface area contributed by atoms with E-state index in [0.717, 1.165) is 32.0 Å². The molecule has 0 radical (unpaired) electrons. The SMILES string of the molecule is Cl.Cl.NC(CNC(=O)c1ccc(N2CCOCC2)cc1)C1CC1. The van der Waals surface area contributed by atoms with Gasteiger partial charge < -0.3 is 20.7 Å². The Hall–Kier alpha value is -1.01. The molecule has 7 heteroatoms. The molecule has 1 amide bonds. The van der Waals surface area contributed by atoms with E-state index in [1.165, 1.54) is 12.8 Å². The van der Waals surface area contributed by atoms with Crippen LogP contribution in [0, 0.1) is 5.92 Å². The lowest BCUT2D eigenvalue weighted by Gasteiger charge is -2.28. The molecule has 1 aliphatic carbocycles. The molecule has 1 unspecified atom stereocenters. The molecule has 3 rings (SSSR count).